The van der Waals surface area contributed by atoms with Gasteiger partial charge in [0.05, 0.1) is 6.04 Å². The minimum atomic E-state index is -1.07. The number of ketones is 1. The maximum Gasteiger partial charge on any atom is 0.320 e. The van der Waals surface area contributed by atoms with Crippen LogP contribution in [0.5, 0.6) is 0 Å². The number of carbonyl (C=O) groups is 2. The highest BCUT2D eigenvalue weighted by Crippen LogP contribution is 2.17. The Morgan fingerprint density at radius 2 is 1.40 bits per heavy atom. The van der Waals surface area contributed by atoms with Crippen LogP contribution in [0.2, 0.25) is 0 Å². The second kappa shape index (κ2) is 9.67. The first-order chi connectivity index (χ1) is 14.5. The fraction of sp³-hybridized carbons (Fsp3) is 0.263. The first-order valence-electron chi connectivity index (χ1n) is 9.19. The Hall–Kier alpha value is -3.70. The molecule has 0 aliphatic rings. The van der Waals surface area contributed by atoms with Crippen LogP contribution in [0.1, 0.15) is 29.6 Å². The van der Waals surface area contributed by atoms with Crippen molar-refractivity contribution < 1.29 is 14.7 Å². The summed E-state index contributed by atoms with van der Waals surface area (Å²) in [5, 5.41) is 24.8. The number of carbonyl (C=O) groups excluding carboxylic acids is 1. The predicted octanol–water partition coefficient (Wildman–Crippen LogP) is 0.483. The van der Waals surface area contributed by atoms with Crippen LogP contribution < -0.4 is 11.5 Å². The van der Waals surface area contributed by atoms with E-state index in [0.717, 1.165) is 0 Å². The summed E-state index contributed by atoms with van der Waals surface area (Å²) in [4.78, 5) is 31.3. The number of Topliss-reactive ketones (excluding diaryl/α,β-unsaturated/α-hetero) is 1. The Balaban J connectivity index is 1.61. The lowest BCUT2D eigenvalue weighted by molar-refractivity contribution is -0.138. The molecule has 0 saturated heterocycles. The van der Waals surface area contributed by atoms with E-state index >= 15 is 0 Å². The number of aromatic nitrogens is 6. The van der Waals surface area contributed by atoms with Gasteiger partial charge in [-0.1, -0.05) is 24.3 Å². The number of hydrogen-bond donors (Lipinski definition) is 3. The molecule has 3 rings (SSSR count). The van der Waals surface area contributed by atoms with Crippen LogP contribution in [0.25, 0.3) is 23.0 Å². The van der Waals surface area contributed by atoms with Gasteiger partial charge in [0, 0.05) is 23.5 Å². The molecule has 0 saturated carbocycles. The number of hydrogen-bond acceptors (Lipinski definition) is 10. The van der Waals surface area contributed by atoms with Crippen molar-refractivity contribution in [2.75, 3.05) is 0 Å². The van der Waals surface area contributed by atoms with E-state index in [-0.39, 0.29) is 18.0 Å². The highest BCUT2D eigenvalue weighted by Gasteiger charge is 2.18. The second-order valence-electron chi connectivity index (χ2n) is 6.54. The third-order valence-electron chi connectivity index (χ3n) is 4.36. The Bertz CT molecular complexity index is 997. The van der Waals surface area contributed by atoms with E-state index in [9.17, 15) is 9.59 Å². The molecule has 0 bridgehead atoms. The van der Waals surface area contributed by atoms with Crippen LogP contribution in [-0.2, 0) is 4.79 Å². The summed E-state index contributed by atoms with van der Waals surface area (Å²) in [7, 11) is 0. The van der Waals surface area contributed by atoms with Crippen LogP contribution in [0.4, 0.5) is 0 Å². The van der Waals surface area contributed by atoms with Crippen molar-refractivity contribution in [3.8, 4) is 23.0 Å². The molecular formula is C19H20N8O3. The molecule has 0 aliphatic carbocycles. The first kappa shape index (κ1) is 21.0. The van der Waals surface area contributed by atoms with Crippen LogP contribution >= 0.6 is 0 Å². The monoisotopic (exact) mass is 408 g/mol. The Labute approximate surface area is 171 Å². The lowest BCUT2D eigenvalue weighted by Crippen LogP contribution is -2.33. The van der Waals surface area contributed by atoms with Gasteiger partial charge in [-0.3, -0.25) is 9.59 Å². The van der Waals surface area contributed by atoms with Gasteiger partial charge in [0.2, 0.25) is 17.5 Å². The molecule has 0 fully saturated rings. The molecule has 2 atom stereocenters. The zero-order chi connectivity index (χ0) is 21.5. The molecule has 154 valence electrons. The normalized spacial score (nSPS) is 12.9. The minimum Gasteiger partial charge on any atom is -0.480 e. The summed E-state index contributed by atoms with van der Waals surface area (Å²) in [6.45, 7) is 0. The summed E-state index contributed by atoms with van der Waals surface area (Å²) in [6, 6.07) is 6.60. The molecule has 5 N–H and O–H groups in total. The van der Waals surface area contributed by atoms with Crippen molar-refractivity contribution in [1.82, 2.24) is 30.4 Å². The van der Waals surface area contributed by atoms with Crippen LogP contribution in [0, 0.1) is 0 Å². The highest BCUT2D eigenvalue weighted by atomic mass is 16.4. The first-order valence-corrected chi connectivity index (χ1v) is 9.19. The second-order valence-corrected chi connectivity index (χ2v) is 6.54. The zero-order valence-electron chi connectivity index (χ0n) is 15.9. The minimum absolute atomic E-state index is 0.208. The fourth-order valence-electron chi connectivity index (χ4n) is 2.66. The third kappa shape index (κ3) is 5.21. The van der Waals surface area contributed by atoms with Gasteiger partial charge < -0.3 is 16.6 Å². The number of nitrogens with zero attached hydrogens (tertiary/aromatic N) is 6. The number of nitrogens with two attached hydrogens (primary N) is 2. The fourth-order valence-corrected chi connectivity index (χ4v) is 2.66. The Morgan fingerprint density at radius 1 is 0.833 bits per heavy atom. The third-order valence-corrected chi connectivity index (χ3v) is 4.36. The van der Waals surface area contributed by atoms with Gasteiger partial charge >= 0.3 is 5.97 Å². The molecule has 0 spiro atoms. The average Bonchev–Trinajstić information content (AvgIpc) is 2.79. The van der Waals surface area contributed by atoms with E-state index in [4.69, 9.17) is 16.6 Å². The van der Waals surface area contributed by atoms with E-state index in [2.05, 4.69) is 30.4 Å². The van der Waals surface area contributed by atoms with Crippen LogP contribution in [0.3, 0.4) is 0 Å². The maximum absolute atomic E-state index is 12.5. The Kier molecular flexibility index (Phi) is 6.78. The van der Waals surface area contributed by atoms with Crippen molar-refractivity contribution in [2.45, 2.75) is 31.3 Å². The van der Waals surface area contributed by atoms with Crippen molar-refractivity contribution in [1.29, 1.82) is 0 Å². The van der Waals surface area contributed by atoms with Gasteiger partial charge in [-0.25, -0.2) is 9.97 Å². The topological polar surface area (TPSA) is 184 Å². The van der Waals surface area contributed by atoms with Gasteiger partial charge in [0.15, 0.2) is 5.78 Å². The molecule has 0 amide bonds. The van der Waals surface area contributed by atoms with Crippen molar-refractivity contribution in [2.24, 2.45) is 11.5 Å². The molecule has 0 radical (unpaired) electrons. The van der Waals surface area contributed by atoms with Crippen molar-refractivity contribution >= 4 is 11.8 Å². The molecule has 2 unspecified atom stereocenters. The van der Waals surface area contributed by atoms with Gasteiger partial charge in [0.1, 0.15) is 6.04 Å². The molecular weight excluding hydrogens is 388 g/mol. The van der Waals surface area contributed by atoms with E-state index in [1.54, 1.807) is 42.7 Å². The lowest BCUT2D eigenvalue weighted by atomic mass is 9.98. The lowest BCUT2D eigenvalue weighted by Gasteiger charge is -2.12. The molecule has 11 heteroatoms. The standard InChI is InChI=1S/C19H20N8O3/c20-13(3-1-4-14(21)19(29)30)15(28)11-5-7-12(8-6-11)16-24-26-18(27-25-16)17-22-9-2-10-23-17/h2,5-10,13-14H,1,3-4,20-21H2,(H,29,30). The molecule has 1 aromatic carbocycles. The molecule has 11 nitrogen and oxygen atoms in total. The molecule has 2 heterocycles. The van der Waals surface area contributed by atoms with Gasteiger partial charge in [-0.2, -0.15) is 0 Å². The van der Waals surface area contributed by atoms with E-state index in [0.29, 0.717) is 35.6 Å². The zero-order valence-corrected chi connectivity index (χ0v) is 15.9. The average molecular weight is 408 g/mol. The molecule has 2 aromatic heterocycles. The summed E-state index contributed by atoms with van der Waals surface area (Å²) in [5.41, 5.74) is 12.5. The number of aliphatic carboxylic acids is 1. The number of carboxylic acids is 1. The predicted molar refractivity (Wildman–Crippen MR) is 106 cm³/mol. The van der Waals surface area contributed by atoms with E-state index in [1.807, 2.05) is 0 Å². The number of carboxylic acid groups (broad SMARTS) is 1. The number of rotatable bonds is 9. The summed E-state index contributed by atoms with van der Waals surface area (Å²) in [5.74, 6) is -0.483. The highest BCUT2D eigenvalue weighted by molar-refractivity contribution is 6.00. The largest absolute Gasteiger partial charge is 0.480 e. The molecule has 0 aliphatic heterocycles. The molecule has 30 heavy (non-hydrogen) atoms. The van der Waals surface area contributed by atoms with E-state index in [1.165, 1.54) is 0 Å². The Morgan fingerprint density at radius 3 is 2.00 bits per heavy atom. The molecule has 3 aromatic rings. The maximum atomic E-state index is 12.5. The van der Waals surface area contributed by atoms with E-state index < -0.39 is 18.1 Å². The van der Waals surface area contributed by atoms with Gasteiger partial charge in [-0.05, 0) is 25.3 Å². The van der Waals surface area contributed by atoms with Gasteiger partial charge in [0.25, 0.3) is 0 Å². The number of benzene rings is 1. The quantitative estimate of drug-likeness (QED) is 0.418. The smallest absolute Gasteiger partial charge is 0.320 e. The van der Waals surface area contributed by atoms with Crippen molar-refractivity contribution in [3.05, 3.63) is 48.3 Å². The summed E-state index contributed by atoms with van der Waals surface area (Å²) < 4.78 is 0. The van der Waals surface area contributed by atoms with Crippen molar-refractivity contribution in [3.63, 3.8) is 0 Å². The van der Waals surface area contributed by atoms with Crippen LogP contribution in [0.15, 0.2) is 42.7 Å². The summed E-state index contributed by atoms with van der Waals surface area (Å²) >= 11 is 0. The SMILES string of the molecule is NC(CCCC(N)C(=O)c1ccc(-c2nnc(-c3ncccn3)nn2)cc1)C(=O)O. The summed E-state index contributed by atoms with van der Waals surface area (Å²) in [6.07, 6.45) is 4.19. The van der Waals surface area contributed by atoms with Gasteiger partial charge in [-0.15, -0.1) is 20.4 Å². The van der Waals surface area contributed by atoms with Crippen LogP contribution in [-0.4, -0.2) is 59.3 Å².